The summed E-state index contributed by atoms with van der Waals surface area (Å²) >= 11 is 1.13. The van der Waals surface area contributed by atoms with Crippen LogP contribution in [0.5, 0.6) is 11.5 Å². The van der Waals surface area contributed by atoms with Crippen molar-refractivity contribution in [3.05, 3.63) is 53.6 Å². The molecule has 0 spiro atoms. The Hall–Kier alpha value is -2.93. The van der Waals surface area contributed by atoms with Gasteiger partial charge >= 0.3 is 0 Å². The quantitative estimate of drug-likeness (QED) is 0.689. The van der Waals surface area contributed by atoms with Crippen molar-refractivity contribution in [3.8, 4) is 22.9 Å². The van der Waals surface area contributed by atoms with Gasteiger partial charge in [0.25, 0.3) is 5.91 Å². The summed E-state index contributed by atoms with van der Waals surface area (Å²) in [5, 5.41) is 3.20. The average molecular weight is 383 g/mol. The zero-order valence-corrected chi connectivity index (χ0v) is 16.5. The molecule has 0 radical (unpaired) electrons. The molecule has 0 unspecified atom stereocenters. The monoisotopic (exact) mass is 383 g/mol. The number of amides is 1. The van der Waals surface area contributed by atoms with Gasteiger partial charge in [0.15, 0.2) is 11.9 Å². The van der Waals surface area contributed by atoms with Crippen molar-refractivity contribution in [2.45, 2.75) is 26.9 Å². The molecule has 140 valence electrons. The third-order valence-corrected chi connectivity index (χ3v) is 4.86. The summed E-state index contributed by atoms with van der Waals surface area (Å²) in [5.74, 6) is 1.75. The molecule has 1 heterocycles. The van der Waals surface area contributed by atoms with E-state index >= 15 is 0 Å². The minimum atomic E-state index is -0.654. The maximum atomic E-state index is 12.4. The topological polar surface area (TPSA) is 73.3 Å². The molecular formula is C20H21N3O3S. The molecule has 0 fully saturated rings. The minimum Gasteiger partial charge on any atom is -0.497 e. The molecule has 1 N–H and O–H groups in total. The van der Waals surface area contributed by atoms with Gasteiger partial charge in [-0.25, -0.2) is 0 Å². The van der Waals surface area contributed by atoms with Gasteiger partial charge in [-0.2, -0.15) is 9.36 Å². The van der Waals surface area contributed by atoms with Gasteiger partial charge in [0, 0.05) is 17.1 Å². The van der Waals surface area contributed by atoms with Gasteiger partial charge in [-0.3, -0.25) is 10.1 Å². The normalized spacial score (nSPS) is 11.7. The Kier molecular flexibility index (Phi) is 5.71. The van der Waals surface area contributed by atoms with Gasteiger partial charge in [0.05, 0.1) is 7.11 Å². The predicted molar refractivity (Wildman–Crippen MR) is 107 cm³/mol. The highest BCUT2D eigenvalue weighted by Gasteiger charge is 2.18. The Labute approximate surface area is 162 Å². The Balaban J connectivity index is 1.65. The van der Waals surface area contributed by atoms with Crippen LogP contribution in [-0.4, -0.2) is 28.5 Å². The summed E-state index contributed by atoms with van der Waals surface area (Å²) in [6.07, 6.45) is -0.654. The molecule has 2 aromatic carbocycles. The first kappa shape index (κ1) is 18.8. The lowest BCUT2D eigenvalue weighted by Crippen LogP contribution is -2.30. The summed E-state index contributed by atoms with van der Waals surface area (Å²) in [6.45, 7) is 5.69. The first-order valence-corrected chi connectivity index (χ1v) is 9.27. The molecule has 0 aliphatic rings. The lowest BCUT2D eigenvalue weighted by molar-refractivity contribution is -0.122. The van der Waals surface area contributed by atoms with Gasteiger partial charge in [-0.05, 0) is 62.2 Å². The standard InChI is InChI=1S/C20H21N3O3S/c1-12-6-5-7-17(13(12)2)26-14(3)19(24)22-20-21-18(23-27-20)15-8-10-16(25-4)11-9-15/h5-11,14H,1-4H3,(H,21,22,23,24)/t14-/m0/s1. The fraction of sp³-hybridized carbons (Fsp3) is 0.250. The fourth-order valence-corrected chi connectivity index (χ4v) is 3.03. The first-order chi connectivity index (χ1) is 13.0. The molecule has 3 rings (SSSR count). The third-order valence-electron chi connectivity index (χ3n) is 4.23. The highest BCUT2D eigenvalue weighted by Crippen LogP contribution is 2.24. The van der Waals surface area contributed by atoms with Crippen molar-refractivity contribution < 1.29 is 14.3 Å². The molecule has 0 bridgehead atoms. The fourth-order valence-electron chi connectivity index (χ4n) is 2.43. The van der Waals surface area contributed by atoms with Crippen LogP contribution in [0.1, 0.15) is 18.1 Å². The number of aryl methyl sites for hydroxylation is 1. The van der Waals surface area contributed by atoms with Crippen LogP contribution in [0.15, 0.2) is 42.5 Å². The Morgan fingerprint density at radius 2 is 1.89 bits per heavy atom. The number of benzene rings is 2. The van der Waals surface area contributed by atoms with Gasteiger partial charge < -0.3 is 9.47 Å². The molecule has 1 atom stereocenters. The summed E-state index contributed by atoms with van der Waals surface area (Å²) in [4.78, 5) is 16.8. The van der Waals surface area contributed by atoms with Crippen molar-refractivity contribution in [1.82, 2.24) is 9.36 Å². The number of aromatic nitrogens is 2. The molecule has 0 saturated carbocycles. The van der Waals surface area contributed by atoms with E-state index in [2.05, 4.69) is 14.7 Å². The number of ether oxygens (including phenoxy) is 2. The Morgan fingerprint density at radius 3 is 2.59 bits per heavy atom. The number of carbonyl (C=O) groups is 1. The molecular weight excluding hydrogens is 362 g/mol. The molecule has 1 amide bonds. The predicted octanol–water partition coefficient (Wildman–Crippen LogP) is 4.24. The van der Waals surface area contributed by atoms with Crippen molar-refractivity contribution in [2.24, 2.45) is 0 Å². The number of rotatable bonds is 6. The smallest absolute Gasteiger partial charge is 0.266 e. The van der Waals surface area contributed by atoms with Crippen molar-refractivity contribution in [1.29, 1.82) is 0 Å². The zero-order valence-electron chi connectivity index (χ0n) is 15.6. The number of methoxy groups -OCH3 is 1. The zero-order chi connectivity index (χ0) is 19.4. The van der Waals surface area contributed by atoms with E-state index in [1.54, 1.807) is 14.0 Å². The number of carbonyl (C=O) groups excluding carboxylic acids is 1. The second-order valence-corrected chi connectivity index (χ2v) is 6.85. The Morgan fingerprint density at radius 1 is 1.15 bits per heavy atom. The van der Waals surface area contributed by atoms with E-state index in [9.17, 15) is 4.79 Å². The molecule has 7 heteroatoms. The molecule has 27 heavy (non-hydrogen) atoms. The van der Waals surface area contributed by atoms with Crippen LogP contribution in [0, 0.1) is 13.8 Å². The summed E-state index contributed by atoms with van der Waals surface area (Å²) in [7, 11) is 1.62. The van der Waals surface area contributed by atoms with Crippen LogP contribution in [0.25, 0.3) is 11.4 Å². The molecule has 1 aromatic heterocycles. The largest absolute Gasteiger partial charge is 0.497 e. The molecule has 0 saturated heterocycles. The van der Waals surface area contributed by atoms with Crippen LogP contribution in [-0.2, 0) is 4.79 Å². The average Bonchev–Trinajstić information content (AvgIpc) is 3.14. The van der Waals surface area contributed by atoms with Crippen LogP contribution in [0.4, 0.5) is 5.13 Å². The summed E-state index contributed by atoms with van der Waals surface area (Å²) < 4.78 is 15.3. The molecule has 6 nitrogen and oxygen atoms in total. The maximum Gasteiger partial charge on any atom is 0.266 e. The lowest BCUT2D eigenvalue weighted by atomic mass is 10.1. The number of hydrogen-bond acceptors (Lipinski definition) is 6. The van der Waals surface area contributed by atoms with Gasteiger partial charge in [-0.15, -0.1) is 0 Å². The van der Waals surface area contributed by atoms with E-state index in [1.807, 2.05) is 56.3 Å². The summed E-state index contributed by atoms with van der Waals surface area (Å²) in [6, 6.07) is 13.2. The number of anilines is 1. The van der Waals surface area contributed by atoms with Crippen LogP contribution in [0.2, 0.25) is 0 Å². The lowest BCUT2D eigenvalue weighted by Gasteiger charge is -2.16. The highest BCUT2D eigenvalue weighted by molar-refractivity contribution is 7.10. The third kappa shape index (κ3) is 4.43. The first-order valence-electron chi connectivity index (χ1n) is 8.50. The van der Waals surface area contributed by atoms with E-state index in [-0.39, 0.29) is 5.91 Å². The van der Waals surface area contributed by atoms with Crippen LogP contribution in [0.3, 0.4) is 0 Å². The van der Waals surface area contributed by atoms with Crippen LogP contribution >= 0.6 is 11.5 Å². The number of nitrogens with one attached hydrogen (secondary N) is 1. The SMILES string of the molecule is COc1ccc(-c2nsc(NC(=O)[C@H](C)Oc3cccc(C)c3C)n2)cc1. The second-order valence-electron chi connectivity index (χ2n) is 6.10. The highest BCUT2D eigenvalue weighted by atomic mass is 32.1. The molecule has 3 aromatic rings. The van der Waals surface area contributed by atoms with E-state index in [0.717, 1.165) is 34.0 Å². The second kappa shape index (κ2) is 8.18. The van der Waals surface area contributed by atoms with Gasteiger partial charge in [0.1, 0.15) is 11.5 Å². The van der Waals surface area contributed by atoms with E-state index < -0.39 is 6.10 Å². The van der Waals surface area contributed by atoms with E-state index in [0.29, 0.717) is 16.7 Å². The minimum absolute atomic E-state index is 0.270. The molecule has 0 aliphatic heterocycles. The van der Waals surface area contributed by atoms with E-state index in [4.69, 9.17) is 9.47 Å². The number of hydrogen-bond donors (Lipinski definition) is 1. The summed E-state index contributed by atoms with van der Waals surface area (Å²) in [5.41, 5.74) is 3.00. The van der Waals surface area contributed by atoms with Crippen LogP contribution < -0.4 is 14.8 Å². The van der Waals surface area contributed by atoms with Crippen molar-refractivity contribution >= 4 is 22.6 Å². The van der Waals surface area contributed by atoms with Crippen molar-refractivity contribution in [2.75, 3.05) is 12.4 Å². The molecule has 0 aliphatic carbocycles. The Bertz CT molecular complexity index is 938. The maximum absolute atomic E-state index is 12.4. The number of nitrogens with zero attached hydrogens (tertiary/aromatic N) is 2. The van der Waals surface area contributed by atoms with Gasteiger partial charge in [0.2, 0.25) is 5.13 Å². The van der Waals surface area contributed by atoms with E-state index in [1.165, 1.54) is 0 Å². The van der Waals surface area contributed by atoms with Crippen molar-refractivity contribution in [3.63, 3.8) is 0 Å². The van der Waals surface area contributed by atoms with Gasteiger partial charge in [-0.1, -0.05) is 12.1 Å².